The third kappa shape index (κ3) is 3.79. The molecule has 1 aliphatic heterocycles. The molecular weight excluding hydrogens is 270 g/mol. The molecule has 0 amide bonds. The number of hydrogen-bond donors (Lipinski definition) is 0. The molecule has 0 bridgehead atoms. The fourth-order valence-electron chi connectivity index (χ4n) is 1.94. The normalized spacial score (nSPS) is 20.0. The lowest BCUT2D eigenvalue weighted by Crippen LogP contribution is -2.32. The van der Waals surface area contributed by atoms with Gasteiger partial charge in [-0.05, 0) is 45.1 Å². The largest absolute Gasteiger partial charge is 0.481 e. The van der Waals surface area contributed by atoms with Crippen molar-refractivity contribution in [2.24, 2.45) is 10.9 Å². The second-order valence-corrected chi connectivity index (χ2v) is 6.40. The summed E-state index contributed by atoms with van der Waals surface area (Å²) in [6.45, 7) is 8.58. The van der Waals surface area contributed by atoms with E-state index >= 15 is 0 Å². The molecular formula is C16H21NO2S. The second kappa shape index (κ2) is 5.92. The molecule has 0 fully saturated rings. The van der Waals surface area contributed by atoms with Crippen molar-refractivity contribution < 1.29 is 9.47 Å². The second-order valence-electron chi connectivity index (χ2n) is 6.00. The van der Waals surface area contributed by atoms with Gasteiger partial charge in [-0.2, -0.15) is 0 Å². The van der Waals surface area contributed by atoms with Gasteiger partial charge >= 0.3 is 0 Å². The molecule has 0 aliphatic carbocycles. The SMILES string of the molecule is C[C@@H](C(=S)OC(C)(C)C)[C@H]1COC(c2ccccc2)=N1. The highest BCUT2D eigenvalue weighted by Gasteiger charge is 2.30. The van der Waals surface area contributed by atoms with E-state index in [2.05, 4.69) is 4.99 Å². The summed E-state index contributed by atoms with van der Waals surface area (Å²) in [7, 11) is 0. The average molecular weight is 291 g/mol. The molecule has 4 heteroatoms. The lowest BCUT2D eigenvalue weighted by molar-refractivity contribution is 0.109. The Morgan fingerprint density at radius 1 is 1.35 bits per heavy atom. The summed E-state index contributed by atoms with van der Waals surface area (Å²) in [5, 5.41) is 0.601. The third-order valence-electron chi connectivity index (χ3n) is 3.05. The number of thiocarbonyl (C=S) groups is 1. The molecule has 0 saturated carbocycles. The number of hydrogen-bond acceptors (Lipinski definition) is 4. The third-order valence-corrected chi connectivity index (χ3v) is 3.51. The zero-order valence-corrected chi connectivity index (χ0v) is 13.2. The van der Waals surface area contributed by atoms with Gasteiger partial charge in [-0.3, -0.25) is 0 Å². The van der Waals surface area contributed by atoms with Crippen molar-refractivity contribution in [3.63, 3.8) is 0 Å². The van der Waals surface area contributed by atoms with Crippen LogP contribution in [0.1, 0.15) is 33.3 Å². The molecule has 0 unspecified atom stereocenters. The molecule has 0 radical (unpaired) electrons. The Morgan fingerprint density at radius 3 is 2.60 bits per heavy atom. The van der Waals surface area contributed by atoms with E-state index in [1.807, 2.05) is 58.0 Å². The van der Waals surface area contributed by atoms with Gasteiger partial charge in [0.05, 0.1) is 12.0 Å². The van der Waals surface area contributed by atoms with Crippen LogP contribution in [0.25, 0.3) is 0 Å². The minimum Gasteiger partial charge on any atom is -0.481 e. The predicted octanol–water partition coefficient (Wildman–Crippen LogP) is 3.61. The summed E-state index contributed by atoms with van der Waals surface area (Å²) >= 11 is 5.37. The van der Waals surface area contributed by atoms with Crippen LogP contribution in [-0.2, 0) is 9.47 Å². The van der Waals surface area contributed by atoms with E-state index in [-0.39, 0.29) is 17.6 Å². The number of rotatable bonds is 3. The lowest BCUT2D eigenvalue weighted by atomic mass is 10.0. The highest BCUT2D eigenvalue weighted by atomic mass is 32.1. The van der Waals surface area contributed by atoms with Crippen LogP contribution in [0.5, 0.6) is 0 Å². The Bertz CT molecular complexity index is 505. The molecule has 1 aromatic carbocycles. The van der Waals surface area contributed by atoms with Gasteiger partial charge in [0.2, 0.25) is 5.90 Å². The Kier molecular flexibility index (Phi) is 4.43. The first kappa shape index (κ1) is 15.0. The highest BCUT2D eigenvalue weighted by Crippen LogP contribution is 2.22. The van der Waals surface area contributed by atoms with E-state index in [4.69, 9.17) is 21.7 Å². The van der Waals surface area contributed by atoms with Gasteiger partial charge in [-0.1, -0.05) is 25.1 Å². The Balaban J connectivity index is 2.05. The molecule has 0 saturated heterocycles. The van der Waals surface area contributed by atoms with Crippen LogP contribution in [0.2, 0.25) is 0 Å². The van der Waals surface area contributed by atoms with E-state index in [9.17, 15) is 0 Å². The Labute approximate surface area is 126 Å². The number of aliphatic imine (C=N–C) groups is 1. The number of nitrogens with zero attached hydrogens (tertiary/aromatic N) is 1. The minimum absolute atomic E-state index is 0.0278. The van der Waals surface area contributed by atoms with Crippen LogP contribution in [0, 0.1) is 5.92 Å². The van der Waals surface area contributed by atoms with E-state index in [0.29, 0.717) is 17.6 Å². The maximum Gasteiger partial charge on any atom is 0.216 e. The van der Waals surface area contributed by atoms with Crippen LogP contribution in [0.3, 0.4) is 0 Å². The quantitative estimate of drug-likeness (QED) is 0.797. The Morgan fingerprint density at radius 2 is 2.00 bits per heavy atom. The lowest BCUT2D eigenvalue weighted by Gasteiger charge is -2.25. The standard InChI is InChI=1S/C16H21NO2S/c1-11(15(20)19-16(2,3)4)13-10-18-14(17-13)12-8-6-5-7-9-12/h5-9,11,13H,10H2,1-4H3/t11-,13-/m1/s1. The summed E-state index contributed by atoms with van der Waals surface area (Å²) in [5.74, 6) is 0.756. The number of benzene rings is 1. The van der Waals surface area contributed by atoms with Crippen molar-refractivity contribution in [2.45, 2.75) is 39.3 Å². The van der Waals surface area contributed by atoms with E-state index < -0.39 is 0 Å². The van der Waals surface area contributed by atoms with Gasteiger partial charge in [0.1, 0.15) is 12.2 Å². The molecule has 108 valence electrons. The smallest absolute Gasteiger partial charge is 0.216 e. The van der Waals surface area contributed by atoms with E-state index in [0.717, 1.165) is 5.56 Å². The van der Waals surface area contributed by atoms with E-state index in [1.165, 1.54) is 0 Å². The molecule has 2 rings (SSSR count). The van der Waals surface area contributed by atoms with Crippen molar-refractivity contribution in [1.82, 2.24) is 0 Å². The van der Waals surface area contributed by atoms with Crippen LogP contribution >= 0.6 is 12.2 Å². The molecule has 20 heavy (non-hydrogen) atoms. The Hall–Kier alpha value is -1.42. The molecule has 1 aliphatic rings. The fourth-order valence-corrected chi connectivity index (χ4v) is 2.34. The first-order chi connectivity index (χ1) is 9.37. The summed E-state index contributed by atoms with van der Waals surface area (Å²) in [6, 6.07) is 9.95. The predicted molar refractivity (Wildman–Crippen MR) is 85.3 cm³/mol. The van der Waals surface area contributed by atoms with Crippen molar-refractivity contribution in [2.75, 3.05) is 6.61 Å². The van der Waals surface area contributed by atoms with Crippen LogP contribution in [-0.4, -0.2) is 29.2 Å². The van der Waals surface area contributed by atoms with Crippen LogP contribution in [0.15, 0.2) is 35.3 Å². The van der Waals surface area contributed by atoms with Gasteiger partial charge in [-0.15, -0.1) is 0 Å². The molecule has 1 aromatic rings. The molecule has 3 nitrogen and oxygen atoms in total. The van der Waals surface area contributed by atoms with E-state index in [1.54, 1.807) is 0 Å². The fraction of sp³-hybridized carbons (Fsp3) is 0.500. The van der Waals surface area contributed by atoms with Crippen LogP contribution < -0.4 is 0 Å². The van der Waals surface area contributed by atoms with Gasteiger partial charge < -0.3 is 9.47 Å². The average Bonchev–Trinajstić information content (AvgIpc) is 2.86. The molecule has 2 atom stereocenters. The van der Waals surface area contributed by atoms with Gasteiger partial charge in [0.25, 0.3) is 0 Å². The van der Waals surface area contributed by atoms with Gasteiger partial charge in [0, 0.05) is 5.56 Å². The zero-order valence-electron chi connectivity index (χ0n) is 12.4. The van der Waals surface area contributed by atoms with Gasteiger partial charge in [-0.25, -0.2) is 4.99 Å². The summed E-state index contributed by atoms with van der Waals surface area (Å²) < 4.78 is 11.4. The first-order valence-electron chi connectivity index (χ1n) is 6.86. The minimum atomic E-state index is -0.267. The molecule has 1 heterocycles. The maximum absolute atomic E-state index is 5.76. The maximum atomic E-state index is 5.76. The van der Waals surface area contributed by atoms with Crippen molar-refractivity contribution in [1.29, 1.82) is 0 Å². The summed E-state index contributed by atoms with van der Waals surface area (Å²) in [6.07, 6.45) is 0. The van der Waals surface area contributed by atoms with Crippen LogP contribution in [0.4, 0.5) is 0 Å². The molecule has 0 spiro atoms. The molecule has 0 aromatic heterocycles. The monoisotopic (exact) mass is 291 g/mol. The summed E-state index contributed by atoms with van der Waals surface area (Å²) in [4.78, 5) is 4.64. The first-order valence-corrected chi connectivity index (χ1v) is 7.26. The molecule has 0 N–H and O–H groups in total. The van der Waals surface area contributed by atoms with Gasteiger partial charge in [0.15, 0.2) is 5.05 Å². The number of ether oxygens (including phenoxy) is 2. The zero-order chi connectivity index (χ0) is 14.8. The summed E-state index contributed by atoms with van der Waals surface area (Å²) in [5.41, 5.74) is 0.737. The van der Waals surface area contributed by atoms with Crippen molar-refractivity contribution in [3.05, 3.63) is 35.9 Å². The topological polar surface area (TPSA) is 30.8 Å². The highest BCUT2D eigenvalue weighted by molar-refractivity contribution is 7.80. The van der Waals surface area contributed by atoms with Crippen molar-refractivity contribution >= 4 is 23.2 Å². The van der Waals surface area contributed by atoms with Crippen molar-refractivity contribution in [3.8, 4) is 0 Å².